The fourth-order valence-corrected chi connectivity index (χ4v) is 6.73. The van der Waals surface area contributed by atoms with Crippen molar-refractivity contribution in [3.63, 3.8) is 0 Å². The number of rotatable bonds is 6. The van der Waals surface area contributed by atoms with Crippen molar-refractivity contribution in [3.8, 4) is 0 Å². The Morgan fingerprint density at radius 1 is 1.03 bits per heavy atom. The van der Waals surface area contributed by atoms with Crippen LogP contribution in [0.5, 0.6) is 0 Å². The van der Waals surface area contributed by atoms with Gasteiger partial charge in [0.2, 0.25) is 10.0 Å². The van der Waals surface area contributed by atoms with E-state index in [1.807, 2.05) is 24.2 Å². The number of carbonyl (C=O) groups is 1. The molecule has 0 radical (unpaired) electrons. The van der Waals surface area contributed by atoms with E-state index in [-0.39, 0.29) is 48.9 Å². The molecule has 2 aromatic carbocycles. The summed E-state index contributed by atoms with van der Waals surface area (Å²) < 4.78 is 27.9. The maximum atomic E-state index is 13.3. The van der Waals surface area contributed by atoms with Crippen molar-refractivity contribution in [3.05, 3.63) is 65.4 Å². The average Bonchev–Trinajstić information content (AvgIpc) is 2.92. The van der Waals surface area contributed by atoms with E-state index < -0.39 is 10.0 Å². The van der Waals surface area contributed by atoms with Crippen molar-refractivity contribution >= 4 is 56.4 Å². The summed E-state index contributed by atoms with van der Waals surface area (Å²) in [5, 5.41) is 15.3. The summed E-state index contributed by atoms with van der Waals surface area (Å²) in [5.74, 6) is -0.228. The number of aliphatic hydroxyl groups is 1. The van der Waals surface area contributed by atoms with Crippen LogP contribution < -0.4 is 4.90 Å². The van der Waals surface area contributed by atoms with E-state index >= 15 is 0 Å². The number of piperidine rings is 1. The van der Waals surface area contributed by atoms with Gasteiger partial charge in [-0.3, -0.25) is 14.8 Å². The highest BCUT2D eigenvalue weighted by Crippen LogP contribution is 2.27. The second-order valence-electron chi connectivity index (χ2n) is 9.46. The quantitative estimate of drug-likeness (QED) is 0.479. The van der Waals surface area contributed by atoms with Gasteiger partial charge in [-0.15, -0.1) is 12.4 Å². The van der Waals surface area contributed by atoms with Crippen LogP contribution in [0.1, 0.15) is 18.5 Å². The molecule has 0 aliphatic carbocycles. The van der Waals surface area contributed by atoms with Crippen LogP contribution in [0.4, 0.5) is 5.69 Å². The first-order chi connectivity index (χ1) is 17.8. The Bertz CT molecular complexity index is 1420. The van der Waals surface area contributed by atoms with Gasteiger partial charge in [0.1, 0.15) is 0 Å². The van der Waals surface area contributed by atoms with E-state index in [1.165, 1.54) is 4.31 Å². The lowest BCUT2D eigenvalue weighted by Crippen LogP contribution is -2.60. The Hall–Kier alpha value is -2.47. The molecule has 2 aliphatic heterocycles. The molecule has 1 aromatic heterocycles. The minimum atomic E-state index is -3.81. The van der Waals surface area contributed by atoms with Crippen molar-refractivity contribution in [2.75, 3.05) is 44.7 Å². The number of hydrogen-bond acceptors (Lipinski definition) is 7. The molecule has 0 spiro atoms. The van der Waals surface area contributed by atoms with Gasteiger partial charge in [-0.25, -0.2) is 13.4 Å². The van der Waals surface area contributed by atoms with Gasteiger partial charge in [0.05, 0.1) is 30.3 Å². The number of pyridine rings is 1. The van der Waals surface area contributed by atoms with Crippen molar-refractivity contribution in [1.82, 2.24) is 19.3 Å². The van der Waals surface area contributed by atoms with E-state index in [9.17, 15) is 18.3 Å². The summed E-state index contributed by atoms with van der Waals surface area (Å²) >= 11 is 6.04. The maximum absolute atomic E-state index is 13.3. The van der Waals surface area contributed by atoms with Crippen molar-refractivity contribution in [2.45, 2.75) is 30.4 Å². The summed E-state index contributed by atoms with van der Waals surface area (Å²) in [6.45, 7) is 1.90. The lowest BCUT2D eigenvalue weighted by molar-refractivity contribution is -0.156. The minimum absolute atomic E-state index is 0. The number of piperazine rings is 1. The molecule has 3 heterocycles. The Morgan fingerprint density at radius 3 is 2.45 bits per heavy atom. The number of amides is 1. The predicted molar refractivity (Wildman–Crippen MR) is 150 cm³/mol. The second kappa shape index (κ2) is 11.7. The molecule has 2 saturated heterocycles. The zero-order valence-electron chi connectivity index (χ0n) is 21.0. The molecule has 2 fully saturated rings. The number of halogens is 2. The number of aromatic nitrogens is 1. The van der Waals surface area contributed by atoms with Crippen LogP contribution in [0.25, 0.3) is 10.8 Å². The predicted octanol–water partition coefficient (Wildman–Crippen LogP) is 3.15. The molecule has 0 bridgehead atoms. The Balaban J connectivity index is 0.00000336. The number of benzene rings is 2. The summed E-state index contributed by atoms with van der Waals surface area (Å²) in [5.41, 5.74) is 1.68. The molecule has 0 unspecified atom stereocenters. The summed E-state index contributed by atoms with van der Waals surface area (Å²) in [6.07, 6.45) is 3.43. The van der Waals surface area contributed by atoms with Crippen molar-refractivity contribution < 1.29 is 18.3 Å². The fraction of sp³-hybridized carbons (Fsp3) is 0.385. The van der Waals surface area contributed by atoms with E-state index in [0.717, 1.165) is 42.4 Å². The molecule has 5 rings (SSSR count). The molecule has 0 saturated carbocycles. The Kier molecular flexibility index (Phi) is 8.81. The Morgan fingerprint density at radius 2 is 1.74 bits per heavy atom. The van der Waals surface area contributed by atoms with Crippen LogP contribution in [-0.4, -0.2) is 84.6 Å². The zero-order valence-corrected chi connectivity index (χ0v) is 23.4. The van der Waals surface area contributed by atoms with Gasteiger partial charge in [-0.2, -0.15) is 4.31 Å². The molecule has 204 valence electrons. The molecule has 1 amide bonds. The van der Waals surface area contributed by atoms with Crippen molar-refractivity contribution in [1.29, 1.82) is 0 Å². The molecule has 12 heteroatoms. The number of aliphatic hydroxyl groups excluding tert-OH is 1. The van der Waals surface area contributed by atoms with Gasteiger partial charge in [0, 0.05) is 49.6 Å². The van der Waals surface area contributed by atoms with Crippen LogP contribution in [-0.2, 0) is 21.4 Å². The van der Waals surface area contributed by atoms with Gasteiger partial charge in [0.15, 0.2) is 0 Å². The first kappa shape index (κ1) is 28.5. The summed E-state index contributed by atoms with van der Waals surface area (Å²) in [6, 6.07) is 14.3. The van der Waals surface area contributed by atoms with Crippen LogP contribution in [0, 0.1) is 0 Å². The maximum Gasteiger partial charge on any atom is 0.252 e. The molecule has 1 N–H and O–H groups in total. The lowest BCUT2D eigenvalue weighted by Gasteiger charge is -2.45. The third-order valence-electron chi connectivity index (χ3n) is 7.27. The van der Waals surface area contributed by atoms with E-state index in [2.05, 4.69) is 9.88 Å². The highest BCUT2D eigenvalue weighted by Gasteiger charge is 2.36. The van der Waals surface area contributed by atoms with Crippen LogP contribution in [0.2, 0.25) is 5.02 Å². The van der Waals surface area contributed by atoms with E-state index in [0.29, 0.717) is 17.3 Å². The molecular weight excluding hydrogens is 549 g/mol. The van der Waals surface area contributed by atoms with E-state index in [1.54, 1.807) is 47.6 Å². The molecule has 2 aliphatic rings. The van der Waals surface area contributed by atoms with Crippen LogP contribution in [0.3, 0.4) is 0 Å². The van der Waals surface area contributed by atoms with Gasteiger partial charge in [-0.1, -0.05) is 23.7 Å². The number of hydrogen-bond donors (Lipinski definition) is 1. The molecular formula is C26H31Cl2N5O4S. The van der Waals surface area contributed by atoms with Crippen LogP contribution in [0.15, 0.2) is 59.6 Å². The first-order valence-electron chi connectivity index (χ1n) is 12.3. The fourth-order valence-electron chi connectivity index (χ4n) is 5.13. The lowest BCUT2D eigenvalue weighted by atomic mass is 10.0. The van der Waals surface area contributed by atoms with Crippen LogP contribution >= 0.6 is 24.0 Å². The normalized spacial score (nSPS) is 17.7. The number of nitrogens with zero attached hydrogens (tertiary/aromatic N) is 5. The third-order valence-corrected chi connectivity index (χ3v) is 9.35. The Labute approximate surface area is 234 Å². The molecule has 9 nitrogen and oxygen atoms in total. The number of fused-ring (bicyclic) bond motifs is 1. The highest BCUT2D eigenvalue weighted by molar-refractivity contribution is 7.89. The summed E-state index contributed by atoms with van der Waals surface area (Å²) in [4.78, 5) is 19.7. The largest absolute Gasteiger partial charge is 0.390 e. The third kappa shape index (κ3) is 5.75. The number of hydrazine groups is 1. The molecule has 38 heavy (non-hydrogen) atoms. The van der Waals surface area contributed by atoms with Gasteiger partial charge >= 0.3 is 0 Å². The minimum Gasteiger partial charge on any atom is -0.390 e. The smallest absolute Gasteiger partial charge is 0.252 e. The van der Waals surface area contributed by atoms with Gasteiger partial charge < -0.3 is 10.0 Å². The zero-order chi connectivity index (χ0) is 26.2. The average molecular weight is 581 g/mol. The molecule has 0 atom stereocenters. The van der Waals surface area contributed by atoms with Gasteiger partial charge in [-0.05, 0) is 60.0 Å². The number of sulfonamides is 1. The standard InChI is InChI=1S/C26H30ClN5O4S.ClH/c1-29(23-7-10-30(11-8-23)24-6-9-28-22(16-24)18-33)32-13-12-31(17-26(32)34)37(35,36)25-5-3-19-14-21(27)4-2-20(19)15-25;/h2-6,9,14-16,23,33H,7-8,10-13,17-18H2,1H3;1H. The monoisotopic (exact) mass is 579 g/mol. The summed E-state index contributed by atoms with van der Waals surface area (Å²) in [7, 11) is -1.90. The number of carbonyl (C=O) groups excluding carboxylic acids is 1. The topological polar surface area (TPSA) is 97.3 Å². The van der Waals surface area contributed by atoms with Gasteiger partial charge in [0.25, 0.3) is 5.91 Å². The van der Waals surface area contributed by atoms with E-state index in [4.69, 9.17) is 11.6 Å². The number of anilines is 1. The second-order valence-corrected chi connectivity index (χ2v) is 11.8. The molecule has 3 aromatic rings. The first-order valence-corrected chi connectivity index (χ1v) is 14.1. The van der Waals surface area contributed by atoms with Crippen molar-refractivity contribution in [2.24, 2.45) is 0 Å². The SMILES string of the molecule is CN(C1CCN(c2ccnc(CO)c2)CC1)N1CCN(S(=O)(=O)c2ccc3cc(Cl)ccc3c2)CC1=O.Cl. The highest BCUT2D eigenvalue weighted by atomic mass is 35.5.